The average molecular weight is 539 g/mol. The molecule has 0 unspecified atom stereocenters. The molecule has 0 bridgehead atoms. The molecule has 2 heterocycles. The number of rotatable bonds is 9. The first-order chi connectivity index (χ1) is 17.7. The second-order valence-corrected chi connectivity index (χ2v) is 11.2. The van der Waals surface area contributed by atoms with Crippen LogP contribution in [0.3, 0.4) is 0 Å². The Balaban J connectivity index is 1.81. The van der Waals surface area contributed by atoms with E-state index in [1.165, 1.54) is 13.1 Å². The molecule has 0 saturated carbocycles. The fraction of sp³-hybridized carbons (Fsp3) is 0.222. The minimum Gasteiger partial charge on any atom is -0.467 e. The largest absolute Gasteiger partial charge is 0.467 e. The van der Waals surface area contributed by atoms with Crippen molar-refractivity contribution in [2.75, 3.05) is 16.0 Å². The smallest absolute Gasteiger partial charge is 0.276 e. The highest BCUT2D eigenvalue weighted by atomic mass is 35.5. The van der Waals surface area contributed by atoms with Gasteiger partial charge in [0.2, 0.25) is 15.0 Å². The molecular formula is C27H27ClN4O4S. The van der Waals surface area contributed by atoms with E-state index in [0.717, 1.165) is 16.7 Å². The van der Waals surface area contributed by atoms with Crippen molar-refractivity contribution in [3.63, 3.8) is 0 Å². The third-order valence-electron chi connectivity index (χ3n) is 5.82. The normalized spacial score (nSPS) is 11.4. The van der Waals surface area contributed by atoms with Crippen LogP contribution in [-0.4, -0.2) is 30.0 Å². The molecule has 4 rings (SSSR count). The summed E-state index contributed by atoms with van der Waals surface area (Å²) < 4.78 is 30.8. The number of furan rings is 1. The number of carbonyl (C=O) groups excluding carboxylic acids is 1. The minimum atomic E-state index is -3.75. The summed E-state index contributed by atoms with van der Waals surface area (Å²) >= 11 is 6.06. The Bertz CT molecular complexity index is 1500. The molecule has 0 fully saturated rings. The van der Waals surface area contributed by atoms with Gasteiger partial charge < -0.3 is 14.6 Å². The van der Waals surface area contributed by atoms with Crippen LogP contribution in [0.2, 0.25) is 5.02 Å². The fourth-order valence-corrected chi connectivity index (χ4v) is 4.54. The predicted molar refractivity (Wildman–Crippen MR) is 144 cm³/mol. The summed E-state index contributed by atoms with van der Waals surface area (Å²) in [5, 5.41) is 3.11. The standard InChI is InChI=1S/C27H27ClN4O4S/c1-4-37(34,35)27-29-15-24(25(31-27)26(33)30-23-14-18(2)7-8-19(23)3)32(17-22-6-5-13-36-22)16-20-9-11-21(28)12-10-20/h5-15H,4,16-17H2,1-3H3,(H,30,33). The van der Waals surface area contributed by atoms with Gasteiger partial charge in [-0.1, -0.05) is 42.8 Å². The summed E-state index contributed by atoms with van der Waals surface area (Å²) in [6.45, 7) is 5.97. The van der Waals surface area contributed by atoms with E-state index < -0.39 is 20.9 Å². The van der Waals surface area contributed by atoms with Crippen LogP contribution in [0.4, 0.5) is 11.4 Å². The van der Waals surface area contributed by atoms with Gasteiger partial charge >= 0.3 is 0 Å². The minimum absolute atomic E-state index is 0.0524. The molecular weight excluding hydrogens is 512 g/mol. The van der Waals surface area contributed by atoms with E-state index in [1.807, 2.05) is 55.1 Å². The van der Waals surface area contributed by atoms with Crippen molar-refractivity contribution in [1.29, 1.82) is 0 Å². The topological polar surface area (TPSA) is 105 Å². The molecule has 0 saturated heterocycles. The molecule has 2 aromatic carbocycles. The van der Waals surface area contributed by atoms with Crippen LogP contribution >= 0.6 is 11.6 Å². The predicted octanol–water partition coefficient (Wildman–Crippen LogP) is 5.59. The molecule has 0 atom stereocenters. The second-order valence-electron chi connectivity index (χ2n) is 8.62. The number of hydrogen-bond acceptors (Lipinski definition) is 7. The van der Waals surface area contributed by atoms with Crippen molar-refractivity contribution < 1.29 is 17.6 Å². The molecule has 37 heavy (non-hydrogen) atoms. The number of amides is 1. The lowest BCUT2D eigenvalue weighted by molar-refractivity contribution is 0.102. The van der Waals surface area contributed by atoms with Crippen LogP contribution in [-0.2, 0) is 22.9 Å². The van der Waals surface area contributed by atoms with E-state index in [4.69, 9.17) is 16.0 Å². The van der Waals surface area contributed by atoms with E-state index >= 15 is 0 Å². The summed E-state index contributed by atoms with van der Waals surface area (Å²) in [5.41, 5.74) is 3.68. The fourth-order valence-electron chi connectivity index (χ4n) is 3.72. The Kier molecular flexibility index (Phi) is 7.94. The number of aryl methyl sites for hydroxylation is 2. The number of hydrogen-bond donors (Lipinski definition) is 1. The number of anilines is 2. The lowest BCUT2D eigenvalue weighted by Gasteiger charge is -2.25. The van der Waals surface area contributed by atoms with Gasteiger partial charge in [-0.3, -0.25) is 4.79 Å². The summed E-state index contributed by atoms with van der Waals surface area (Å²) in [4.78, 5) is 23.9. The average Bonchev–Trinajstić information content (AvgIpc) is 3.40. The van der Waals surface area contributed by atoms with Crippen LogP contribution in [0, 0.1) is 13.8 Å². The molecule has 2 aromatic heterocycles. The molecule has 0 aliphatic rings. The van der Waals surface area contributed by atoms with Crippen LogP contribution < -0.4 is 10.2 Å². The third-order valence-corrected chi connectivity index (χ3v) is 7.58. The lowest BCUT2D eigenvalue weighted by atomic mass is 10.1. The van der Waals surface area contributed by atoms with Gasteiger partial charge in [0.15, 0.2) is 5.69 Å². The van der Waals surface area contributed by atoms with Crippen LogP contribution in [0.25, 0.3) is 0 Å². The van der Waals surface area contributed by atoms with Gasteiger partial charge in [0.1, 0.15) is 5.76 Å². The molecule has 0 aliphatic carbocycles. The summed E-state index contributed by atoms with van der Waals surface area (Å²) in [6, 6.07) is 16.6. The van der Waals surface area contributed by atoms with Crippen LogP contribution in [0.5, 0.6) is 0 Å². The van der Waals surface area contributed by atoms with Crippen molar-refractivity contribution in [1.82, 2.24) is 9.97 Å². The van der Waals surface area contributed by atoms with E-state index in [9.17, 15) is 13.2 Å². The number of aromatic nitrogens is 2. The highest BCUT2D eigenvalue weighted by Gasteiger charge is 2.25. The maximum absolute atomic E-state index is 13.6. The Morgan fingerprint density at radius 1 is 1.08 bits per heavy atom. The Labute approximate surface area is 221 Å². The lowest BCUT2D eigenvalue weighted by Crippen LogP contribution is -2.28. The number of benzene rings is 2. The zero-order valence-electron chi connectivity index (χ0n) is 20.7. The number of carbonyl (C=O) groups is 1. The van der Waals surface area contributed by atoms with E-state index in [1.54, 1.807) is 24.5 Å². The molecule has 192 valence electrons. The Morgan fingerprint density at radius 2 is 1.84 bits per heavy atom. The van der Waals surface area contributed by atoms with Crippen molar-refractivity contribution in [2.45, 2.75) is 39.0 Å². The molecule has 8 nitrogen and oxygen atoms in total. The number of sulfone groups is 1. The van der Waals surface area contributed by atoms with Gasteiger partial charge in [0, 0.05) is 17.3 Å². The molecule has 1 amide bonds. The highest BCUT2D eigenvalue weighted by molar-refractivity contribution is 7.91. The van der Waals surface area contributed by atoms with Crippen molar-refractivity contribution >= 4 is 38.7 Å². The first kappa shape index (κ1) is 26.4. The zero-order chi connectivity index (χ0) is 26.6. The number of halogens is 1. The molecule has 0 radical (unpaired) electrons. The van der Waals surface area contributed by atoms with E-state index in [0.29, 0.717) is 35.2 Å². The molecule has 10 heteroatoms. The van der Waals surface area contributed by atoms with Gasteiger partial charge in [-0.25, -0.2) is 18.4 Å². The summed E-state index contributed by atoms with van der Waals surface area (Å²) in [5.74, 6) is -0.0787. The maximum Gasteiger partial charge on any atom is 0.276 e. The molecule has 1 N–H and O–H groups in total. The highest BCUT2D eigenvalue weighted by Crippen LogP contribution is 2.27. The first-order valence-electron chi connectivity index (χ1n) is 11.7. The second kappa shape index (κ2) is 11.1. The third kappa shape index (κ3) is 6.36. The quantitative estimate of drug-likeness (QED) is 0.277. The van der Waals surface area contributed by atoms with Crippen LogP contribution in [0.1, 0.15) is 39.9 Å². The Morgan fingerprint density at radius 3 is 2.51 bits per heavy atom. The van der Waals surface area contributed by atoms with Crippen LogP contribution in [0.15, 0.2) is 76.6 Å². The van der Waals surface area contributed by atoms with Gasteiger partial charge in [-0.15, -0.1) is 0 Å². The maximum atomic E-state index is 13.6. The van der Waals surface area contributed by atoms with E-state index in [2.05, 4.69) is 15.3 Å². The Hall–Kier alpha value is -3.69. The number of nitrogens with zero attached hydrogens (tertiary/aromatic N) is 3. The molecule has 0 spiro atoms. The van der Waals surface area contributed by atoms with E-state index in [-0.39, 0.29) is 11.4 Å². The summed E-state index contributed by atoms with van der Waals surface area (Å²) in [7, 11) is -3.75. The number of nitrogens with one attached hydrogen (secondary N) is 1. The van der Waals surface area contributed by atoms with Gasteiger partial charge in [-0.05, 0) is 60.9 Å². The van der Waals surface area contributed by atoms with Gasteiger partial charge in [0.05, 0.1) is 30.4 Å². The van der Waals surface area contributed by atoms with Gasteiger partial charge in [0.25, 0.3) is 5.91 Å². The van der Waals surface area contributed by atoms with Crippen molar-refractivity contribution in [3.8, 4) is 0 Å². The molecule has 4 aromatic rings. The molecule has 0 aliphatic heterocycles. The first-order valence-corrected chi connectivity index (χ1v) is 13.7. The van der Waals surface area contributed by atoms with Crippen molar-refractivity contribution in [3.05, 3.63) is 100 Å². The van der Waals surface area contributed by atoms with Gasteiger partial charge in [-0.2, -0.15) is 0 Å². The monoisotopic (exact) mass is 538 g/mol. The van der Waals surface area contributed by atoms with Crippen molar-refractivity contribution in [2.24, 2.45) is 0 Å². The summed E-state index contributed by atoms with van der Waals surface area (Å²) in [6.07, 6.45) is 2.95. The SMILES string of the molecule is CCS(=O)(=O)c1ncc(N(Cc2ccc(Cl)cc2)Cc2ccco2)c(C(=O)Nc2cc(C)ccc2C)n1. The zero-order valence-corrected chi connectivity index (χ0v) is 22.3.